The van der Waals surface area contributed by atoms with Gasteiger partial charge in [-0.3, -0.25) is 9.89 Å². The minimum atomic E-state index is -1.70. The van der Waals surface area contributed by atoms with E-state index >= 15 is 0 Å². The molecule has 2 heterocycles. The Bertz CT molecular complexity index is 1560. The lowest BCUT2D eigenvalue weighted by Gasteiger charge is -2.16. The van der Waals surface area contributed by atoms with Gasteiger partial charge < -0.3 is 20.6 Å². The molecule has 0 bridgehead atoms. The van der Waals surface area contributed by atoms with E-state index in [0.29, 0.717) is 35.5 Å². The van der Waals surface area contributed by atoms with Crippen LogP contribution < -0.4 is 10.6 Å². The number of hydrogen-bond donors (Lipinski definition) is 4. The van der Waals surface area contributed by atoms with E-state index in [1.54, 1.807) is 0 Å². The normalized spacial score (nSPS) is 11.0. The number of aromatic amines is 1. The molecule has 0 radical (unpaired) electrons. The Morgan fingerprint density at radius 1 is 1.07 bits per heavy atom. The van der Waals surface area contributed by atoms with Gasteiger partial charge in [0, 0.05) is 48.3 Å². The number of aliphatic hydroxyl groups is 1. The fourth-order valence-corrected chi connectivity index (χ4v) is 3.86. The second kappa shape index (κ2) is 13.0. The third kappa shape index (κ3) is 6.90. The molecule has 0 spiro atoms. The van der Waals surface area contributed by atoms with Crippen LogP contribution in [0.3, 0.4) is 0 Å². The largest absolute Gasteiger partial charge is 0.395 e. The summed E-state index contributed by atoms with van der Waals surface area (Å²) in [6.07, 6.45) is 1.62. The molecule has 1 amide bonds. The highest BCUT2D eigenvalue weighted by molar-refractivity contribution is 5.93. The smallest absolute Gasteiger partial charge is 0.230 e. The Morgan fingerprint density at radius 2 is 1.85 bits per heavy atom. The summed E-state index contributed by atoms with van der Waals surface area (Å²) in [4.78, 5) is 22.9. The highest BCUT2D eigenvalue weighted by Gasteiger charge is 2.21. The number of fused-ring (bicyclic) bond motifs is 1. The summed E-state index contributed by atoms with van der Waals surface area (Å²) in [6, 6.07) is 7.01. The minimum absolute atomic E-state index is 0.0563. The number of anilines is 3. The maximum atomic E-state index is 13.8. The first-order valence-electron chi connectivity index (χ1n) is 12.3. The Balaban J connectivity index is 1.41. The fourth-order valence-electron chi connectivity index (χ4n) is 3.86. The van der Waals surface area contributed by atoms with Crippen LogP contribution in [0.15, 0.2) is 36.7 Å². The lowest BCUT2D eigenvalue weighted by atomic mass is 10.1. The maximum Gasteiger partial charge on any atom is 0.230 e. The van der Waals surface area contributed by atoms with Crippen LogP contribution in [0.1, 0.15) is 24.6 Å². The molecule has 0 saturated carbocycles. The SMILES string of the molecule is CCN(CCO)CCC#Cc1ccc2c(Nc3cc(CC(=O)Nc4c(F)c(F)cc(F)c4F)[nH]n3)ncnc2c1. The number of aromatic nitrogens is 4. The van der Waals surface area contributed by atoms with Gasteiger partial charge in [0.25, 0.3) is 0 Å². The molecule has 2 aromatic carbocycles. The molecular formula is C27H25F4N7O2. The summed E-state index contributed by atoms with van der Waals surface area (Å²) in [7, 11) is 0. The molecule has 208 valence electrons. The van der Waals surface area contributed by atoms with Crippen LogP contribution in [0.5, 0.6) is 0 Å². The van der Waals surface area contributed by atoms with Crippen LogP contribution in [0, 0.1) is 35.1 Å². The molecule has 2 aromatic heterocycles. The first-order chi connectivity index (χ1) is 19.3. The number of rotatable bonds is 10. The number of aliphatic hydroxyl groups excluding tert-OH is 1. The summed E-state index contributed by atoms with van der Waals surface area (Å²) < 4.78 is 54.4. The van der Waals surface area contributed by atoms with Gasteiger partial charge in [-0.15, -0.1) is 0 Å². The van der Waals surface area contributed by atoms with Crippen molar-refractivity contribution in [3.8, 4) is 11.8 Å². The van der Waals surface area contributed by atoms with Crippen LogP contribution in [-0.4, -0.2) is 62.3 Å². The molecule has 0 saturated heterocycles. The van der Waals surface area contributed by atoms with Crippen LogP contribution >= 0.6 is 0 Å². The number of amides is 1. The summed E-state index contributed by atoms with van der Waals surface area (Å²) in [5.74, 6) is -0.604. The van der Waals surface area contributed by atoms with Crippen LogP contribution in [0.4, 0.5) is 34.9 Å². The van der Waals surface area contributed by atoms with Crippen molar-refractivity contribution in [2.24, 2.45) is 0 Å². The van der Waals surface area contributed by atoms with E-state index in [0.717, 1.165) is 18.7 Å². The van der Waals surface area contributed by atoms with Crippen LogP contribution in [-0.2, 0) is 11.2 Å². The highest BCUT2D eigenvalue weighted by atomic mass is 19.2. The van der Waals surface area contributed by atoms with Gasteiger partial charge in [0.1, 0.15) is 17.8 Å². The van der Waals surface area contributed by atoms with Gasteiger partial charge in [-0.1, -0.05) is 18.8 Å². The number of halogens is 4. The van der Waals surface area contributed by atoms with Gasteiger partial charge >= 0.3 is 0 Å². The second-order valence-corrected chi connectivity index (χ2v) is 8.64. The number of carbonyl (C=O) groups excluding carboxylic acids is 1. The number of H-pyrrole nitrogens is 1. The fraction of sp³-hybridized carbons (Fsp3) is 0.259. The predicted octanol–water partition coefficient (Wildman–Crippen LogP) is 3.89. The number of hydrogen-bond acceptors (Lipinski definition) is 7. The molecule has 4 N–H and O–H groups in total. The topological polar surface area (TPSA) is 119 Å². The zero-order valence-corrected chi connectivity index (χ0v) is 21.4. The molecule has 13 heteroatoms. The third-order valence-corrected chi connectivity index (χ3v) is 5.89. The standard InChI is InChI=1S/C27H25F4N7O2/c1-2-38(9-10-39)8-4-3-5-16-6-7-18-21(11-16)32-15-33-27(18)34-22-12-17(36-37-22)13-23(40)35-26-24(30)19(28)14-20(29)25(26)31/h6-7,11-12,14-15,39H,2,4,8-10,13H2,1H3,(H,35,40)(H2,32,33,34,36,37). The average molecular weight is 556 g/mol. The maximum absolute atomic E-state index is 13.8. The van der Waals surface area contributed by atoms with Gasteiger partial charge in [-0.25, -0.2) is 27.5 Å². The quantitative estimate of drug-likeness (QED) is 0.133. The molecule has 0 aliphatic carbocycles. The highest BCUT2D eigenvalue weighted by Crippen LogP contribution is 2.25. The molecule has 0 aliphatic heterocycles. The third-order valence-electron chi connectivity index (χ3n) is 5.89. The Hall–Kier alpha value is -4.54. The number of benzene rings is 2. The molecule has 40 heavy (non-hydrogen) atoms. The zero-order chi connectivity index (χ0) is 28.6. The summed E-state index contributed by atoms with van der Waals surface area (Å²) in [6.45, 7) is 4.35. The van der Waals surface area contributed by atoms with Crippen LogP contribution in [0.2, 0.25) is 0 Å². The van der Waals surface area contributed by atoms with E-state index in [1.807, 2.05) is 30.4 Å². The predicted molar refractivity (Wildman–Crippen MR) is 141 cm³/mol. The molecule has 0 fully saturated rings. The number of nitrogens with zero attached hydrogens (tertiary/aromatic N) is 4. The Labute approximate surface area is 226 Å². The van der Waals surface area contributed by atoms with Crippen molar-refractivity contribution in [1.82, 2.24) is 25.1 Å². The van der Waals surface area contributed by atoms with Crippen molar-refractivity contribution in [3.63, 3.8) is 0 Å². The lowest BCUT2D eigenvalue weighted by Crippen LogP contribution is -2.27. The minimum Gasteiger partial charge on any atom is -0.395 e. The molecular weight excluding hydrogens is 530 g/mol. The molecule has 0 unspecified atom stereocenters. The van der Waals surface area contributed by atoms with E-state index in [9.17, 15) is 22.4 Å². The van der Waals surface area contributed by atoms with Gasteiger partial charge in [0.05, 0.1) is 18.5 Å². The summed E-state index contributed by atoms with van der Waals surface area (Å²) in [5, 5.41) is 21.3. The van der Waals surface area contributed by atoms with Crippen LogP contribution in [0.25, 0.3) is 10.9 Å². The van der Waals surface area contributed by atoms with Gasteiger partial charge in [0.2, 0.25) is 5.91 Å². The van der Waals surface area contributed by atoms with Crippen molar-refractivity contribution in [1.29, 1.82) is 0 Å². The first-order valence-corrected chi connectivity index (χ1v) is 12.3. The van der Waals surface area contributed by atoms with E-state index in [4.69, 9.17) is 5.11 Å². The van der Waals surface area contributed by atoms with Crippen molar-refractivity contribution in [2.45, 2.75) is 19.8 Å². The van der Waals surface area contributed by atoms with Gasteiger partial charge in [-0.2, -0.15) is 5.10 Å². The summed E-state index contributed by atoms with van der Waals surface area (Å²) in [5.41, 5.74) is 0.471. The summed E-state index contributed by atoms with van der Waals surface area (Å²) >= 11 is 0. The number of carbonyl (C=O) groups is 1. The Morgan fingerprint density at radius 3 is 2.58 bits per heavy atom. The number of likely N-dealkylation sites (N-methyl/N-ethyl adjacent to an activating group) is 1. The second-order valence-electron chi connectivity index (χ2n) is 8.64. The lowest BCUT2D eigenvalue weighted by molar-refractivity contribution is -0.115. The van der Waals surface area contributed by atoms with Crippen molar-refractivity contribution in [3.05, 3.63) is 71.2 Å². The molecule has 0 atom stereocenters. The van der Waals surface area contributed by atoms with Crippen molar-refractivity contribution in [2.75, 3.05) is 36.9 Å². The first kappa shape index (κ1) is 28.5. The molecule has 9 nitrogen and oxygen atoms in total. The van der Waals surface area contributed by atoms with Crippen molar-refractivity contribution < 1.29 is 27.5 Å². The zero-order valence-electron chi connectivity index (χ0n) is 21.4. The molecule has 0 aliphatic rings. The van der Waals surface area contributed by atoms with E-state index in [1.165, 1.54) is 12.4 Å². The Kier molecular flexibility index (Phi) is 9.26. The number of nitrogens with one attached hydrogen (secondary N) is 3. The van der Waals surface area contributed by atoms with Gasteiger partial charge in [0.15, 0.2) is 29.1 Å². The average Bonchev–Trinajstić information content (AvgIpc) is 3.38. The van der Waals surface area contributed by atoms with E-state index < -0.39 is 41.3 Å². The monoisotopic (exact) mass is 555 g/mol. The van der Waals surface area contributed by atoms with Crippen molar-refractivity contribution >= 4 is 34.1 Å². The molecule has 4 rings (SSSR count). The van der Waals surface area contributed by atoms with Gasteiger partial charge in [-0.05, 0) is 24.7 Å². The van der Waals surface area contributed by atoms with E-state index in [2.05, 4.69) is 42.2 Å². The molecule has 4 aromatic rings. The van der Waals surface area contributed by atoms with E-state index in [-0.39, 0.29) is 18.4 Å².